The van der Waals surface area contributed by atoms with Gasteiger partial charge in [0.25, 0.3) is 5.91 Å². The molecule has 1 unspecified atom stereocenters. The van der Waals surface area contributed by atoms with Gasteiger partial charge in [0, 0.05) is 12.5 Å². The van der Waals surface area contributed by atoms with Gasteiger partial charge in [0.2, 0.25) is 0 Å². The van der Waals surface area contributed by atoms with Crippen molar-refractivity contribution >= 4 is 17.5 Å². The lowest BCUT2D eigenvalue weighted by molar-refractivity contribution is 0.0935. The van der Waals surface area contributed by atoms with Crippen LogP contribution in [0, 0.1) is 12.3 Å². The Kier molecular flexibility index (Phi) is 4.07. The van der Waals surface area contributed by atoms with Gasteiger partial charge in [-0.25, -0.2) is 0 Å². The van der Waals surface area contributed by atoms with Crippen LogP contribution in [0.15, 0.2) is 12.1 Å². The van der Waals surface area contributed by atoms with Gasteiger partial charge in [-0.1, -0.05) is 11.6 Å². The molecule has 1 N–H and O–H groups in total. The van der Waals surface area contributed by atoms with Crippen molar-refractivity contribution in [3.05, 3.63) is 23.0 Å². The first-order valence-electron chi connectivity index (χ1n) is 4.37. The third-order valence-electron chi connectivity index (χ3n) is 1.67. The number of carbonyl (C=O) groups is 1. The Morgan fingerprint density at radius 2 is 2.40 bits per heavy atom. The molecule has 1 heterocycles. The Hall–Kier alpha value is -1.60. The molecule has 0 radical (unpaired) electrons. The zero-order valence-electron chi connectivity index (χ0n) is 8.20. The molecule has 0 aromatic carbocycles. The molecule has 1 aromatic rings. The van der Waals surface area contributed by atoms with Gasteiger partial charge in [-0.05, 0) is 19.1 Å². The first-order valence-corrected chi connectivity index (χ1v) is 4.75. The molecule has 1 amide bonds. The second-order valence-electron chi connectivity index (χ2n) is 3.02. The molecule has 0 saturated heterocycles. The quantitative estimate of drug-likeness (QED) is 0.786. The summed E-state index contributed by atoms with van der Waals surface area (Å²) in [6.07, 6.45) is 5.60. The number of hydrogen-bond acceptors (Lipinski definition) is 3. The van der Waals surface area contributed by atoms with Crippen LogP contribution in [0.1, 0.15) is 23.8 Å². The van der Waals surface area contributed by atoms with Crippen LogP contribution in [0.5, 0.6) is 0 Å². The lowest BCUT2D eigenvalue weighted by Crippen LogP contribution is -2.32. The summed E-state index contributed by atoms with van der Waals surface area (Å²) in [6, 6.07) is 2.93. The van der Waals surface area contributed by atoms with E-state index in [0.29, 0.717) is 6.42 Å². The summed E-state index contributed by atoms with van der Waals surface area (Å²) in [4.78, 5) is 11.5. The molecule has 0 fully saturated rings. The standard InChI is InChI=1S/C10H10ClN3O/c1-3-4-7(2)12-10(15)8-5-6-9(11)14-13-8/h1,5-7H,4H2,2H3,(H,12,15). The van der Waals surface area contributed by atoms with Gasteiger partial charge in [0.05, 0.1) is 0 Å². The predicted molar refractivity (Wildman–Crippen MR) is 57.4 cm³/mol. The average molecular weight is 224 g/mol. The summed E-state index contributed by atoms with van der Waals surface area (Å²) in [5.41, 5.74) is 0.225. The van der Waals surface area contributed by atoms with Crippen molar-refractivity contribution in [1.82, 2.24) is 15.5 Å². The van der Waals surface area contributed by atoms with E-state index in [1.54, 1.807) is 0 Å². The molecule has 4 nitrogen and oxygen atoms in total. The molecule has 0 aliphatic rings. The second kappa shape index (κ2) is 5.32. The molecule has 15 heavy (non-hydrogen) atoms. The van der Waals surface area contributed by atoms with Gasteiger partial charge < -0.3 is 5.32 Å². The van der Waals surface area contributed by atoms with Crippen molar-refractivity contribution in [3.8, 4) is 12.3 Å². The molecule has 0 aliphatic carbocycles. The molecule has 1 aromatic heterocycles. The lowest BCUT2D eigenvalue weighted by Gasteiger charge is -2.09. The maximum Gasteiger partial charge on any atom is 0.272 e. The zero-order valence-corrected chi connectivity index (χ0v) is 8.95. The predicted octanol–water partition coefficient (Wildman–Crippen LogP) is 1.27. The van der Waals surface area contributed by atoms with Crippen LogP contribution in [0.2, 0.25) is 5.15 Å². The summed E-state index contributed by atoms with van der Waals surface area (Å²) < 4.78 is 0. The van der Waals surface area contributed by atoms with E-state index in [1.165, 1.54) is 12.1 Å². The van der Waals surface area contributed by atoms with E-state index in [2.05, 4.69) is 21.4 Å². The van der Waals surface area contributed by atoms with E-state index in [0.717, 1.165) is 0 Å². The average Bonchev–Trinajstić information content (AvgIpc) is 2.18. The normalized spacial score (nSPS) is 11.5. The van der Waals surface area contributed by atoms with Crippen LogP contribution in [0.4, 0.5) is 0 Å². The van der Waals surface area contributed by atoms with Crippen molar-refractivity contribution in [2.24, 2.45) is 0 Å². The SMILES string of the molecule is C#CCC(C)NC(=O)c1ccc(Cl)nn1. The molecule has 0 bridgehead atoms. The van der Waals surface area contributed by atoms with Crippen LogP contribution in [-0.2, 0) is 0 Å². The third kappa shape index (κ3) is 3.56. The van der Waals surface area contributed by atoms with Crippen LogP contribution in [0.3, 0.4) is 0 Å². The van der Waals surface area contributed by atoms with E-state index in [-0.39, 0.29) is 22.8 Å². The maximum atomic E-state index is 11.5. The van der Waals surface area contributed by atoms with Crippen molar-refractivity contribution in [1.29, 1.82) is 0 Å². The van der Waals surface area contributed by atoms with Gasteiger partial charge in [-0.3, -0.25) is 4.79 Å². The Morgan fingerprint density at radius 1 is 1.67 bits per heavy atom. The van der Waals surface area contributed by atoms with Crippen LogP contribution in [-0.4, -0.2) is 22.1 Å². The van der Waals surface area contributed by atoms with E-state index in [9.17, 15) is 4.79 Å². The molecule has 0 aliphatic heterocycles. The molecule has 0 saturated carbocycles. The zero-order chi connectivity index (χ0) is 11.3. The summed E-state index contributed by atoms with van der Waals surface area (Å²) >= 11 is 5.54. The molecule has 1 rings (SSSR count). The molecular formula is C10H10ClN3O. The number of nitrogens with zero attached hydrogens (tertiary/aromatic N) is 2. The number of amides is 1. The highest BCUT2D eigenvalue weighted by Crippen LogP contribution is 2.02. The van der Waals surface area contributed by atoms with Gasteiger partial charge in [0.15, 0.2) is 10.8 Å². The minimum Gasteiger partial charge on any atom is -0.347 e. The minimum absolute atomic E-state index is 0.0834. The Bertz CT molecular complexity index is 383. The topological polar surface area (TPSA) is 54.9 Å². The summed E-state index contributed by atoms with van der Waals surface area (Å²) in [5.74, 6) is 2.16. The summed E-state index contributed by atoms with van der Waals surface area (Å²) in [6.45, 7) is 1.82. The monoisotopic (exact) mass is 223 g/mol. The molecule has 5 heteroatoms. The summed E-state index contributed by atoms with van der Waals surface area (Å²) in [5, 5.41) is 10.2. The molecule has 0 spiro atoms. The molecule has 1 atom stereocenters. The number of carbonyl (C=O) groups excluding carboxylic acids is 1. The largest absolute Gasteiger partial charge is 0.347 e. The van der Waals surface area contributed by atoms with E-state index >= 15 is 0 Å². The van der Waals surface area contributed by atoms with Crippen molar-refractivity contribution in [2.75, 3.05) is 0 Å². The smallest absolute Gasteiger partial charge is 0.272 e. The van der Waals surface area contributed by atoms with Gasteiger partial charge in [-0.2, -0.15) is 0 Å². The number of nitrogens with one attached hydrogen (secondary N) is 1. The molecular weight excluding hydrogens is 214 g/mol. The third-order valence-corrected chi connectivity index (χ3v) is 1.87. The van der Waals surface area contributed by atoms with Crippen molar-refractivity contribution < 1.29 is 4.79 Å². The van der Waals surface area contributed by atoms with Crippen molar-refractivity contribution in [2.45, 2.75) is 19.4 Å². The summed E-state index contributed by atoms with van der Waals surface area (Å²) in [7, 11) is 0. The van der Waals surface area contributed by atoms with Crippen molar-refractivity contribution in [3.63, 3.8) is 0 Å². The van der Waals surface area contributed by atoms with Gasteiger partial charge in [-0.15, -0.1) is 22.5 Å². The number of halogens is 1. The fourth-order valence-electron chi connectivity index (χ4n) is 0.963. The highest BCUT2D eigenvalue weighted by molar-refractivity contribution is 6.29. The molecule has 78 valence electrons. The van der Waals surface area contributed by atoms with E-state index in [1.807, 2.05) is 6.92 Å². The fourth-order valence-corrected chi connectivity index (χ4v) is 1.06. The minimum atomic E-state index is -0.304. The van der Waals surface area contributed by atoms with E-state index < -0.39 is 0 Å². The highest BCUT2D eigenvalue weighted by Gasteiger charge is 2.10. The van der Waals surface area contributed by atoms with Crippen LogP contribution in [0.25, 0.3) is 0 Å². The number of terminal acetylenes is 1. The number of aromatic nitrogens is 2. The van der Waals surface area contributed by atoms with Gasteiger partial charge >= 0.3 is 0 Å². The van der Waals surface area contributed by atoms with Crippen LogP contribution >= 0.6 is 11.6 Å². The number of hydrogen-bond donors (Lipinski definition) is 1. The fraction of sp³-hybridized carbons (Fsp3) is 0.300. The van der Waals surface area contributed by atoms with Gasteiger partial charge in [0.1, 0.15) is 0 Å². The number of rotatable bonds is 3. The Morgan fingerprint density at radius 3 is 2.93 bits per heavy atom. The van der Waals surface area contributed by atoms with Crippen LogP contribution < -0.4 is 5.32 Å². The maximum absolute atomic E-state index is 11.5. The second-order valence-corrected chi connectivity index (χ2v) is 3.41. The highest BCUT2D eigenvalue weighted by atomic mass is 35.5. The first kappa shape index (κ1) is 11.5. The van der Waals surface area contributed by atoms with E-state index in [4.69, 9.17) is 18.0 Å². The Labute approximate surface area is 93.0 Å². The first-order chi connectivity index (χ1) is 7.13. The Balaban J connectivity index is 2.62. The lowest BCUT2D eigenvalue weighted by atomic mass is 10.2.